The van der Waals surface area contributed by atoms with Gasteiger partial charge in [0.15, 0.2) is 6.04 Å². The van der Waals surface area contributed by atoms with Crippen molar-refractivity contribution in [3.8, 4) is 0 Å². The molecule has 5 atom stereocenters. The molecule has 13 heteroatoms. The van der Waals surface area contributed by atoms with E-state index in [4.69, 9.17) is 0 Å². The first-order valence-corrected chi connectivity index (χ1v) is 15.1. The number of amides is 4. The van der Waals surface area contributed by atoms with E-state index in [0.29, 0.717) is 12.8 Å². The molecule has 0 radical (unpaired) electrons. The fraction of sp³-hybridized carbons (Fsp3) is 0.630. The van der Waals surface area contributed by atoms with Crippen molar-refractivity contribution in [2.75, 3.05) is 12.0 Å². The average Bonchev–Trinajstić information content (AvgIpc) is 2.88. The van der Waals surface area contributed by atoms with E-state index in [2.05, 4.69) is 27.0 Å². The molecule has 9 N–H and O–H groups in total. The molecule has 1 aromatic rings. The standard InChI is InChI=1S/C27H46BN5O6S/c1-16(2)14-21(27(37)33-23(17(3)4)28(38)39)31-24(34)18(5)30-26(36)22(15-19-10-8-7-9-11-19)32-25(35)20(29)12-13-40-6/h7-11,16-18,20-23,38-39H,12-15,29H2,1-6H3,(H,30,36)(H,31,34)(H,32,35)(H,33,37)/p+1/t18-,20-,21-,22-,23-/m0/s1. The van der Waals surface area contributed by atoms with Crippen molar-refractivity contribution in [2.45, 2.75) is 84.0 Å². The summed E-state index contributed by atoms with van der Waals surface area (Å²) in [5.41, 5.74) is 4.75. The minimum atomic E-state index is -1.76. The van der Waals surface area contributed by atoms with E-state index in [1.807, 2.05) is 50.4 Å². The van der Waals surface area contributed by atoms with Gasteiger partial charge in [-0.15, -0.1) is 0 Å². The number of thioether (sulfide) groups is 1. The second-order valence-corrected chi connectivity index (χ2v) is 11.8. The van der Waals surface area contributed by atoms with Crippen molar-refractivity contribution in [1.82, 2.24) is 21.3 Å². The Morgan fingerprint density at radius 3 is 1.95 bits per heavy atom. The minimum absolute atomic E-state index is 0.0460. The smallest absolute Gasteiger partial charge is 0.426 e. The van der Waals surface area contributed by atoms with Gasteiger partial charge in [-0.05, 0) is 42.8 Å². The van der Waals surface area contributed by atoms with Crippen LogP contribution in [0.25, 0.3) is 0 Å². The maximum absolute atomic E-state index is 13.3. The van der Waals surface area contributed by atoms with Crippen LogP contribution in [0.3, 0.4) is 0 Å². The fourth-order valence-corrected chi connectivity index (χ4v) is 4.49. The van der Waals surface area contributed by atoms with Crippen LogP contribution in [-0.2, 0) is 25.6 Å². The monoisotopic (exact) mass is 580 g/mol. The van der Waals surface area contributed by atoms with Crippen molar-refractivity contribution >= 4 is 42.5 Å². The van der Waals surface area contributed by atoms with Crippen molar-refractivity contribution in [2.24, 2.45) is 11.8 Å². The largest absolute Gasteiger partial charge is 0.475 e. The lowest BCUT2D eigenvalue weighted by Gasteiger charge is -2.27. The first-order chi connectivity index (χ1) is 18.8. The van der Waals surface area contributed by atoms with Gasteiger partial charge in [-0.2, -0.15) is 11.8 Å². The SMILES string of the molecule is CSCC[C@H]([NH3+])C(=O)N[C@@H](Cc1ccccc1)C(=O)N[C@@H](C)C(=O)N[C@@H](CC(C)C)C(=O)N[C@H](B(O)O)C(C)C. The number of nitrogens with one attached hydrogen (secondary N) is 4. The molecular formula is C27H47BN5O6S+. The van der Waals surface area contributed by atoms with Gasteiger partial charge in [0.2, 0.25) is 17.7 Å². The first kappa shape index (κ1) is 35.4. The number of quaternary nitrogens is 1. The molecule has 1 rings (SSSR count). The Balaban J connectivity index is 2.98. The third kappa shape index (κ3) is 12.7. The molecule has 0 spiro atoms. The highest BCUT2D eigenvalue weighted by molar-refractivity contribution is 7.98. The lowest BCUT2D eigenvalue weighted by molar-refractivity contribution is -0.404. The molecule has 40 heavy (non-hydrogen) atoms. The molecule has 11 nitrogen and oxygen atoms in total. The Morgan fingerprint density at radius 1 is 0.850 bits per heavy atom. The van der Waals surface area contributed by atoms with Gasteiger partial charge < -0.3 is 37.0 Å². The van der Waals surface area contributed by atoms with Gasteiger partial charge in [-0.3, -0.25) is 19.2 Å². The topological polar surface area (TPSA) is 184 Å². The van der Waals surface area contributed by atoms with Crippen molar-refractivity contribution in [1.29, 1.82) is 0 Å². The van der Waals surface area contributed by atoms with Crippen molar-refractivity contribution in [3.63, 3.8) is 0 Å². The summed E-state index contributed by atoms with van der Waals surface area (Å²) in [7, 11) is -1.76. The van der Waals surface area contributed by atoms with Crippen LogP contribution in [0.15, 0.2) is 30.3 Å². The quantitative estimate of drug-likeness (QED) is 0.118. The zero-order chi connectivity index (χ0) is 30.4. The number of hydrogen-bond donors (Lipinski definition) is 7. The predicted molar refractivity (Wildman–Crippen MR) is 158 cm³/mol. The van der Waals surface area contributed by atoms with Crippen LogP contribution < -0.4 is 27.0 Å². The number of carbonyl (C=O) groups excluding carboxylic acids is 4. The summed E-state index contributed by atoms with van der Waals surface area (Å²) in [4.78, 5) is 52.0. The molecule has 0 saturated carbocycles. The third-order valence-electron chi connectivity index (χ3n) is 6.40. The summed E-state index contributed by atoms with van der Waals surface area (Å²) in [6.07, 6.45) is 3.03. The number of carbonyl (C=O) groups is 4. The van der Waals surface area contributed by atoms with Gasteiger partial charge in [-0.1, -0.05) is 58.0 Å². The molecule has 4 amide bonds. The molecule has 0 aliphatic heterocycles. The molecule has 0 bridgehead atoms. The molecule has 0 fully saturated rings. The van der Waals surface area contributed by atoms with Gasteiger partial charge in [0.05, 0.1) is 5.94 Å². The van der Waals surface area contributed by atoms with E-state index in [0.717, 1.165) is 11.3 Å². The minimum Gasteiger partial charge on any atom is -0.426 e. The second-order valence-electron chi connectivity index (χ2n) is 10.8. The number of hydrogen-bond acceptors (Lipinski definition) is 7. The third-order valence-corrected chi connectivity index (χ3v) is 7.04. The normalized spacial score (nSPS) is 15.0. The highest BCUT2D eigenvalue weighted by Gasteiger charge is 2.33. The fourth-order valence-electron chi connectivity index (χ4n) is 3.97. The predicted octanol–water partition coefficient (Wildman–Crippen LogP) is -0.734. The lowest BCUT2D eigenvalue weighted by Crippen LogP contribution is -2.69. The van der Waals surface area contributed by atoms with E-state index < -0.39 is 54.9 Å². The Morgan fingerprint density at radius 2 is 1.43 bits per heavy atom. The molecule has 0 aromatic heterocycles. The van der Waals surface area contributed by atoms with Crippen LogP contribution in [0, 0.1) is 11.8 Å². The average molecular weight is 581 g/mol. The van der Waals surface area contributed by atoms with Crippen LogP contribution >= 0.6 is 11.8 Å². The zero-order valence-corrected chi connectivity index (χ0v) is 25.3. The molecule has 0 saturated heterocycles. The molecule has 1 aromatic carbocycles. The molecule has 0 heterocycles. The van der Waals surface area contributed by atoms with Crippen LogP contribution in [0.2, 0.25) is 0 Å². The zero-order valence-electron chi connectivity index (χ0n) is 24.5. The van der Waals surface area contributed by atoms with Crippen molar-refractivity contribution < 1.29 is 35.0 Å². The molecule has 0 aliphatic rings. The van der Waals surface area contributed by atoms with Gasteiger partial charge >= 0.3 is 7.12 Å². The summed E-state index contributed by atoms with van der Waals surface area (Å²) in [5, 5.41) is 30.0. The van der Waals surface area contributed by atoms with Crippen molar-refractivity contribution in [3.05, 3.63) is 35.9 Å². The van der Waals surface area contributed by atoms with Gasteiger partial charge in [0, 0.05) is 12.8 Å². The van der Waals surface area contributed by atoms with Gasteiger partial charge in [0.1, 0.15) is 18.1 Å². The van der Waals surface area contributed by atoms with E-state index in [-0.39, 0.29) is 24.2 Å². The van der Waals surface area contributed by atoms with Crippen LogP contribution in [0.1, 0.15) is 53.0 Å². The number of benzene rings is 1. The van der Waals surface area contributed by atoms with Gasteiger partial charge in [0.25, 0.3) is 5.91 Å². The molecule has 224 valence electrons. The Labute approximate surface area is 242 Å². The molecular weight excluding hydrogens is 533 g/mol. The van der Waals surface area contributed by atoms with Crippen LogP contribution in [0.5, 0.6) is 0 Å². The highest BCUT2D eigenvalue weighted by atomic mass is 32.2. The maximum Gasteiger partial charge on any atom is 0.475 e. The summed E-state index contributed by atoms with van der Waals surface area (Å²) in [5.74, 6) is -2.38. The van der Waals surface area contributed by atoms with E-state index in [1.54, 1.807) is 25.6 Å². The van der Waals surface area contributed by atoms with Crippen LogP contribution in [-0.4, -0.2) is 82.9 Å². The summed E-state index contributed by atoms with van der Waals surface area (Å²) >= 11 is 1.61. The Kier molecular flexibility index (Phi) is 15.9. The summed E-state index contributed by atoms with van der Waals surface area (Å²) in [6, 6.07) is 5.80. The molecule has 0 unspecified atom stereocenters. The lowest BCUT2D eigenvalue weighted by atomic mass is 9.73. The summed E-state index contributed by atoms with van der Waals surface area (Å²) in [6.45, 7) is 8.76. The van der Waals surface area contributed by atoms with Crippen LogP contribution in [0.4, 0.5) is 0 Å². The second kappa shape index (κ2) is 18.0. The molecule has 0 aliphatic carbocycles. The van der Waals surface area contributed by atoms with E-state index in [1.165, 1.54) is 6.92 Å². The Hall–Kier alpha value is -2.61. The van der Waals surface area contributed by atoms with E-state index in [9.17, 15) is 29.2 Å². The van der Waals surface area contributed by atoms with Gasteiger partial charge in [-0.25, -0.2) is 0 Å². The number of rotatable bonds is 17. The first-order valence-electron chi connectivity index (χ1n) is 13.7. The highest BCUT2D eigenvalue weighted by Crippen LogP contribution is 2.09. The Bertz CT molecular complexity index is 945. The van der Waals surface area contributed by atoms with E-state index >= 15 is 0 Å². The maximum atomic E-state index is 13.3. The summed E-state index contributed by atoms with van der Waals surface area (Å²) < 4.78 is 0.